The lowest BCUT2D eigenvalue weighted by molar-refractivity contribution is -0.870. The van der Waals surface area contributed by atoms with Gasteiger partial charge in [0.15, 0.2) is 6.10 Å². The van der Waals surface area contributed by atoms with E-state index < -0.39 is 26.5 Å². The van der Waals surface area contributed by atoms with Crippen LogP contribution >= 0.6 is 7.82 Å². The standard InChI is InChI=1S/C80H150NO8P/c1-6-8-10-12-14-16-18-20-22-24-26-28-30-32-34-36-38-39-40-41-43-44-46-48-50-52-54-56-58-60-62-64-66-68-70-72-79(82)86-76-78(77-88-90(84,85)87-75-74-81(3,4)5)89-80(83)73-71-69-67-65-63-61-59-57-55-53-51-49-47-45-42-37-35-33-31-29-27-25-23-21-19-17-15-13-11-9-7-2/h9,11,15,17,21,23-24,26-27,29,78H,6-8,10,12-14,16,18-20,22,25,28,30-77H2,1-5H3/p+1/b11-9-,17-15-,23-21-,26-24-,29-27-. The van der Waals surface area contributed by atoms with Crippen LogP contribution in [0.25, 0.3) is 0 Å². The molecule has 0 saturated carbocycles. The fourth-order valence-electron chi connectivity index (χ4n) is 11.6. The molecule has 0 aliphatic rings. The van der Waals surface area contributed by atoms with E-state index in [0.717, 1.165) is 57.8 Å². The Labute approximate surface area is 559 Å². The van der Waals surface area contributed by atoms with Crippen LogP contribution in [0.15, 0.2) is 60.8 Å². The molecule has 2 unspecified atom stereocenters. The minimum Gasteiger partial charge on any atom is -0.462 e. The maximum atomic E-state index is 12.9. The van der Waals surface area contributed by atoms with Gasteiger partial charge in [-0.1, -0.05) is 357 Å². The molecule has 0 bridgehead atoms. The zero-order chi connectivity index (χ0) is 65.5. The van der Waals surface area contributed by atoms with E-state index in [1.165, 1.54) is 295 Å². The Balaban J connectivity index is 3.93. The lowest BCUT2D eigenvalue weighted by Crippen LogP contribution is -2.37. The third-order valence-corrected chi connectivity index (χ3v) is 18.5. The Hall–Kier alpha value is -2.29. The first-order valence-corrected chi connectivity index (χ1v) is 40.5. The molecule has 0 fully saturated rings. The molecular weight excluding hydrogens is 1130 g/mol. The number of allylic oxidation sites excluding steroid dienone is 10. The fraction of sp³-hybridized carbons (Fsp3) is 0.850. The first-order chi connectivity index (χ1) is 44.0. The fourth-order valence-corrected chi connectivity index (χ4v) is 12.3. The number of hydrogen-bond donors (Lipinski definition) is 1. The number of ether oxygens (including phenoxy) is 2. The molecule has 0 radical (unpaired) electrons. The highest BCUT2D eigenvalue weighted by atomic mass is 31.2. The minimum absolute atomic E-state index is 0.0335. The molecule has 0 aliphatic heterocycles. The molecule has 0 aromatic heterocycles. The summed E-state index contributed by atoms with van der Waals surface area (Å²) in [6, 6.07) is 0. The van der Waals surface area contributed by atoms with Crippen LogP contribution in [0.4, 0.5) is 0 Å². The van der Waals surface area contributed by atoms with Crippen molar-refractivity contribution in [3.05, 3.63) is 60.8 Å². The number of carbonyl (C=O) groups is 2. The summed E-state index contributed by atoms with van der Waals surface area (Å²) in [6.07, 6.45) is 95.1. The average molecular weight is 1290 g/mol. The van der Waals surface area contributed by atoms with Crippen molar-refractivity contribution in [3.63, 3.8) is 0 Å². The summed E-state index contributed by atoms with van der Waals surface area (Å²) < 4.78 is 34.8. The molecule has 0 heterocycles. The highest BCUT2D eigenvalue weighted by molar-refractivity contribution is 7.47. The highest BCUT2D eigenvalue weighted by Crippen LogP contribution is 2.43. The van der Waals surface area contributed by atoms with Crippen LogP contribution in [0.1, 0.15) is 386 Å². The van der Waals surface area contributed by atoms with Crippen LogP contribution in [0.5, 0.6) is 0 Å². The van der Waals surface area contributed by atoms with Gasteiger partial charge in [-0.05, 0) is 77.0 Å². The van der Waals surface area contributed by atoms with Crippen molar-refractivity contribution in [2.75, 3.05) is 47.5 Å². The lowest BCUT2D eigenvalue weighted by Gasteiger charge is -2.24. The molecular formula is C80H151NO8P+. The van der Waals surface area contributed by atoms with Crippen LogP contribution in [-0.2, 0) is 32.7 Å². The van der Waals surface area contributed by atoms with Gasteiger partial charge in [0.25, 0.3) is 0 Å². The Morgan fingerprint density at radius 1 is 0.356 bits per heavy atom. The Morgan fingerprint density at radius 2 is 0.633 bits per heavy atom. The van der Waals surface area contributed by atoms with E-state index in [2.05, 4.69) is 74.6 Å². The first kappa shape index (κ1) is 87.7. The van der Waals surface area contributed by atoms with E-state index in [-0.39, 0.29) is 25.6 Å². The van der Waals surface area contributed by atoms with E-state index in [9.17, 15) is 19.0 Å². The van der Waals surface area contributed by atoms with E-state index >= 15 is 0 Å². The summed E-state index contributed by atoms with van der Waals surface area (Å²) in [7, 11) is 1.50. The predicted octanol–water partition coefficient (Wildman–Crippen LogP) is 25.7. The van der Waals surface area contributed by atoms with E-state index in [4.69, 9.17) is 18.5 Å². The monoisotopic (exact) mass is 1290 g/mol. The zero-order valence-electron chi connectivity index (χ0n) is 60.4. The van der Waals surface area contributed by atoms with Crippen molar-refractivity contribution in [1.82, 2.24) is 0 Å². The smallest absolute Gasteiger partial charge is 0.462 e. The molecule has 1 N–H and O–H groups in total. The first-order valence-electron chi connectivity index (χ1n) is 39.0. The van der Waals surface area contributed by atoms with Gasteiger partial charge >= 0.3 is 19.8 Å². The number of rotatable bonds is 73. The van der Waals surface area contributed by atoms with Gasteiger partial charge in [0.1, 0.15) is 19.8 Å². The Bertz CT molecular complexity index is 1700. The summed E-state index contributed by atoms with van der Waals surface area (Å²) in [5, 5.41) is 0. The maximum absolute atomic E-state index is 12.9. The molecule has 0 aromatic carbocycles. The third kappa shape index (κ3) is 74.7. The van der Waals surface area contributed by atoms with Crippen LogP contribution in [0.2, 0.25) is 0 Å². The lowest BCUT2D eigenvalue weighted by atomic mass is 10.0. The molecule has 0 saturated heterocycles. The van der Waals surface area contributed by atoms with Crippen molar-refractivity contribution < 1.29 is 42.1 Å². The van der Waals surface area contributed by atoms with E-state index in [0.29, 0.717) is 23.9 Å². The van der Waals surface area contributed by atoms with Crippen molar-refractivity contribution in [2.24, 2.45) is 0 Å². The van der Waals surface area contributed by atoms with Gasteiger partial charge in [-0.25, -0.2) is 4.57 Å². The summed E-state index contributed by atoms with van der Waals surface area (Å²) in [5.74, 6) is -0.776. The molecule has 528 valence electrons. The van der Waals surface area contributed by atoms with Crippen LogP contribution < -0.4 is 0 Å². The number of nitrogens with zero attached hydrogens (tertiary/aromatic N) is 1. The summed E-state index contributed by atoms with van der Waals surface area (Å²) in [6.45, 7) is 4.39. The van der Waals surface area contributed by atoms with Crippen LogP contribution in [0, 0.1) is 0 Å². The average Bonchev–Trinajstić information content (AvgIpc) is 3.58. The molecule has 10 heteroatoms. The summed E-state index contributed by atoms with van der Waals surface area (Å²) in [4.78, 5) is 36.0. The number of esters is 2. The number of phosphoric acid groups is 1. The Kier molecular flexibility index (Phi) is 69.2. The van der Waals surface area contributed by atoms with Crippen molar-refractivity contribution >= 4 is 19.8 Å². The van der Waals surface area contributed by atoms with E-state index in [1.807, 2.05) is 21.1 Å². The van der Waals surface area contributed by atoms with Gasteiger partial charge in [-0.3, -0.25) is 18.6 Å². The molecule has 0 aromatic rings. The second-order valence-corrected chi connectivity index (χ2v) is 29.2. The van der Waals surface area contributed by atoms with Gasteiger partial charge in [-0.2, -0.15) is 0 Å². The number of phosphoric ester groups is 1. The normalized spacial score (nSPS) is 13.4. The summed E-state index contributed by atoms with van der Waals surface area (Å²) in [5.41, 5.74) is 0. The van der Waals surface area contributed by atoms with Gasteiger partial charge < -0.3 is 18.9 Å². The number of carbonyl (C=O) groups excluding carboxylic acids is 2. The number of hydrogen-bond acceptors (Lipinski definition) is 7. The quantitative estimate of drug-likeness (QED) is 0.0211. The number of quaternary nitrogens is 1. The molecule has 90 heavy (non-hydrogen) atoms. The topological polar surface area (TPSA) is 108 Å². The largest absolute Gasteiger partial charge is 0.472 e. The third-order valence-electron chi connectivity index (χ3n) is 17.5. The second-order valence-electron chi connectivity index (χ2n) is 27.7. The van der Waals surface area contributed by atoms with Gasteiger partial charge in [0.2, 0.25) is 0 Å². The molecule has 2 atom stereocenters. The highest BCUT2D eigenvalue weighted by Gasteiger charge is 2.27. The van der Waals surface area contributed by atoms with Crippen LogP contribution in [0.3, 0.4) is 0 Å². The predicted molar refractivity (Wildman–Crippen MR) is 390 cm³/mol. The zero-order valence-corrected chi connectivity index (χ0v) is 61.3. The van der Waals surface area contributed by atoms with Gasteiger partial charge in [-0.15, -0.1) is 0 Å². The van der Waals surface area contributed by atoms with Gasteiger partial charge in [0.05, 0.1) is 27.7 Å². The SMILES string of the molecule is CC/C=C\C/C=C\C/C=C\C/C=C\CCCCCCCCCCCCCCCCCCCCC(=O)OC(COC(=O)CCCCCCCCCCCCCCCCCCCCCCCCC/C=C\CCCCCCCCCC)COP(=O)(O)OCC[N+](C)(C)C. The molecule has 0 rings (SSSR count). The van der Waals surface area contributed by atoms with Gasteiger partial charge in [0, 0.05) is 12.8 Å². The molecule has 0 spiro atoms. The number of likely N-dealkylation sites (N-methyl/N-ethyl adjacent to an activating group) is 1. The molecule has 9 nitrogen and oxygen atoms in total. The van der Waals surface area contributed by atoms with Crippen molar-refractivity contribution in [1.29, 1.82) is 0 Å². The molecule has 0 amide bonds. The van der Waals surface area contributed by atoms with Crippen LogP contribution in [-0.4, -0.2) is 74.9 Å². The second kappa shape index (κ2) is 71.0. The summed E-state index contributed by atoms with van der Waals surface area (Å²) >= 11 is 0. The number of unbranched alkanes of at least 4 members (excludes halogenated alkanes) is 49. The van der Waals surface area contributed by atoms with Crippen molar-refractivity contribution in [3.8, 4) is 0 Å². The minimum atomic E-state index is -4.39. The van der Waals surface area contributed by atoms with Crippen molar-refractivity contribution in [2.45, 2.75) is 392 Å². The Morgan fingerprint density at radius 3 is 0.956 bits per heavy atom. The maximum Gasteiger partial charge on any atom is 0.472 e. The van der Waals surface area contributed by atoms with E-state index in [1.54, 1.807) is 0 Å². The molecule has 0 aliphatic carbocycles.